The van der Waals surface area contributed by atoms with Crippen LogP contribution in [0.15, 0.2) is 22.7 Å². The van der Waals surface area contributed by atoms with Crippen LogP contribution in [0.2, 0.25) is 5.02 Å². The van der Waals surface area contributed by atoms with Gasteiger partial charge in [0.15, 0.2) is 0 Å². The van der Waals surface area contributed by atoms with Crippen LogP contribution in [0.1, 0.15) is 6.42 Å². The van der Waals surface area contributed by atoms with E-state index in [9.17, 15) is 9.59 Å². The molecule has 2 amide bonds. The van der Waals surface area contributed by atoms with Gasteiger partial charge in [-0.15, -0.1) is 0 Å². The first-order valence-corrected chi connectivity index (χ1v) is 6.27. The SMILES string of the molecule is O=C1CCN(c2ccc(Cl)c(Br)c2)C(=O)CN1. The molecule has 0 bridgehead atoms. The summed E-state index contributed by atoms with van der Waals surface area (Å²) < 4.78 is 0.730. The Labute approximate surface area is 112 Å². The normalized spacial score (nSPS) is 16.7. The van der Waals surface area contributed by atoms with Crippen LogP contribution in [-0.4, -0.2) is 24.9 Å². The summed E-state index contributed by atoms with van der Waals surface area (Å²) in [7, 11) is 0. The second-order valence-electron chi connectivity index (χ2n) is 3.67. The number of rotatable bonds is 1. The fourth-order valence-corrected chi connectivity index (χ4v) is 2.11. The number of halogens is 2. The largest absolute Gasteiger partial charge is 0.347 e. The first-order chi connectivity index (χ1) is 8.08. The number of anilines is 1. The zero-order valence-corrected chi connectivity index (χ0v) is 11.2. The molecule has 6 heteroatoms. The van der Waals surface area contributed by atoms with E-state index in [1.807, 2.05) is 0 Å². The molecule has 1 N–H and O–H groups in total. The lowest BCUT2D eigenvalue weighted by Crippen LogP contribution is -2.35. The molecular formula is C11H10BrClN2O2. The number of carbonyl (C=O) groups is 2. The van der Waals surface area contributed by atoms with Gasteiger partial charge in [0.25, 0.3) is 0 Å². The molecule has 1 aromatic carbocycles. The van der Waals surface area contributed by atoms with Crippen molar-refractivity contribution in [2.24, 2.45) is 0 Å². The summed E-state index contributed by atoms with van der Waals surface area (Å²) in [5.74, 6) is -0.223. The third kappa shape index (κ3) is 2.79. The predicted molar refractivity (Wildman–Crippen MR) is 69.1 cm³/mol. The average molecular weight is 318 g/mol. The monoisotopic (exact) mass is 316 g/mol. The molecule has 0 saturated carbocycles. The zero-order chi connectivity index (χ0) is 12.4. The molecule has 4 nitrogen and oxygen atoms in total. The van der Waals surface area contributed by atoms with Crippen molar-refractivity contribution in [1.82, 2.24) is 5.32 Å². The molecule has 1 aliphatic rings. The smallest absolute Gasteiger partial charge is 0.246 e. The van der Waals surface area contributed by atoms with E-state index in [4.69, 9.17) is 11.6 Å². The van der Waals surface area contributed by atoms with Crippen LogP contribution in [0.3, 0.4) is 0 Å². The van der Waals surface area contributed by atoms with Gasteiger partial charge in [0, 0.05) is 23.1 Å². The standard InChI is InChI=1S/C11H10BrClN2O2/c12-8-5-7(1-2-9(8)13)15-4-3-10(16)14-6-11(15)17/h1-2,5H,3-4,6H2,(H,14,16). The van der Waals surface area contributed by atoms with Crippen molar-refractivity contribution in [3.63, 3.8) is 0 Å². The zero-order valence-electron chi connectivity index (χ0n) is 8.87. The number of hydrogen-bond donors (Lipinski definition) is 1. The van der Waals surface area contributed by atoms with Gasteiger partial charge in [-0.05, 0) is 34.1 Å². The molecule has 17 heavy (non-hydrogen) atoms. The Kier molecular flexibility index (Phi) is 3.69. The molecule has 2 rings (SSSR count). The lowest BCUT2D eigenvalue weighted by Gasteiger charge is -2.20. The summed E-state index contributed by atoms with van der Waals surface area (Å²) >= 11 is 9.21. The molecule has 0 unspecified atom stereocenters. The second kappa shape index (κ2) is 5.06. The van der Waals surface area contributed by atoms with Crippen molar-refractivity contribution < 1.29 is 9.59 Å². The minimum atomic E-state index is -0.120. The minimum Gasteiger partial charge on any atom is -0.347 e. The van der Waals surface area contributed by atoms with Crippen molar-refractivity contribution in [3.8, 4) is 0 Å². The highest BCUT2D eigenvalue weighted by molar-refractivity contribution is 9.10. The maximum atomic E-state index is 11.8. The van der Waals surface area contributed by atoms with E-state index in [1.54, 1.807) is 23.1 Å². The maximum absolute atomic E-state index is 11.8. The van der Waals surface area contributed by atoms with Crippen molar-refractivity contribution in [1.29, 1.82) is 0 Å². The molecule has 1 aromatic rings. The molecule has 1 heterocycles. The number of amides is 2. The molecular weight excluding hydrogens is 307 g/mol. The minimum absolute atomic E-state index is 0.0408. The van der Waals surface area contributed by atoms with Gasteiger partial charge in [-0.3, -0.25) is 9.59 Å². The summed E-state index contributed by atoms with van der Waals surface area (Å²) in [4.78, 5) is 24.6. The van der Waals surface area contributed by atoms with Crippen LogP contribution in [0.5, 0.6) is 0 Å². The van der Waals surface area contributed by atoms with Gasteiger partial charge in [-0.2, -0.15) is 0 Å². The van der Waals surface area contributed by atoms with Crippen molar-refractivity contribution in [3.05, 3.63) is 27.7 Å². The number of nitrogens with one attached hydrogen (secondary N) is 1. The highest BCUT2D eigenvalue weighted by Gasteiger charge is 2.21. The summed E-state index contributed by atoms with van der Waals surface area (Å²) in [5.41, 5.74) is 0.739. The molecule has 0 aliphatic carbocycles. The quantitative estimate of drug-likeness (QED) is 0.861. The molecule has 0 atom stereocenters. The molecule has 0 spiro atoms. The van der Waals surface area contributed by atoms with Gasteiger partial charge >= 0.3 is 0 Å². The molecule has 0 aromatic heterocycles. The number of benzene rings is 1. The topological polar surface area (TPSA) is 49.4 Å². The first kappa shape index (κ1) is 12.4. The Balaban J connectivity index is 2.28. The van der Waals surface area contributed by atoms with E-state index in [0.29, 0.717) is 18.0 Å². The molecule has 1 aliphatic heterocycles. The maximum Gasteiger partial charge on any atom is 0.246 e. The van der Waals surface area contributed by atoms with Crippen molar-refractivity contribution in [2.75, 3.05) is 18.0 Å². The Morgan fingerprint density at radius 3 is 2.82 bits per heavy atom. The average Bonchev–Trinajstić information content (AvgIpc) is 2.46. The fourth-order valence-electron chi connectivity index (χ4n) is 1.62. The van der Waals surface area contributed by atoms with Gasteiger partial charge in [-0.25, -0.2) is 0 Å². The van der Waals surface area contributed by atoms with Crippen LogP contribution in [0.25, 0.3) is 0 Å². The number of hydrogen-bond acceptors (Lipinski definition) is 2. The lowest BCUT2D eigenvalue weighted by atomic mass is 10.2. The third-order valence-corrected chi connectivity index (χ3v) is 3.73. The van der Waals surface area contributed by atoms with Gasteiger partial charge in [-0.1, -0.05) is 11.6 Å². The number of carbonyl (C=O) groups excluding carboxylic acids is 2. The van der Waals surface area contributed by atoms with E-state index in [1.165, 1.54) is 0 Å². The molecule has 90 valence electrons. The Bertz CT molecular complexity index is 479. The van der Waals surface area contributed by atoms with Crippen LogP contribution in [-0.2, 0) is 9.59 Å². The van der Waals surface area contributed by atoms with Crippen molar-refractivity contribution in [2.45, 2.75) is 6.42 Å². The summed E-state index contributed by atoms with van der Waals surface area (Å²) in [6, 6.07) is 5.26. The Morgan fingerprint density at radius 1 is 1.35 bits per heavy atom. The van der Waals surface area contributed by atoms with E-state index < -0.39 is 0 Å². The fraction of sp³-hybridized carbons (Fsp3) is 0.273. The second-order valence-corrected chi connectivity index (χ2v) is 4.93. The third-order valence-electron chi connectivity index (χ3n) is 2.52. The van der Waals surface area contributed by atoms with Crippen molar-refractivity contribution >= 4 is 45.0 Å². The molecule has 1 saturated heterocycles. The van der Waals surface area contributed by atoms with Crippen LogP contribution in [0, 0.1) is 0 Å². The van der Waals surface area contributed by atoms with E-state index >= 15 is 0 Å². The summed E-state index contributed by atoms with van der Waals surface area (Å²) in [5, 5.41) is 3.14. The molecule has 1 fully saturated rings. The summed E-state index contributed by atoms with van der Waals surface area (Å²) in [6.07, 6.45) is 0.311. The van der Waals surface area contributed by atoms with E-state index in [2.05, 4.69) is 21.2 Å². The van der Waals surface area contributed by atoms with E-state index in [0.717, 1.165) is 10.2 Å². The number of nitrogens with zero attached hydrogens (tertiary/aromatic N) is 1. The van der Waals surface area contributed by atoms with Gasteiger partial charge < -0.3 is 10.2 Å². The van der Waals surface area contributed by atoms with Crippen LogP contribution < -0.4 is 10.2 Å². The Morgan fingerprint density at radius 2 is 2.12 bits per heavy atom. The van der Waals surface area contributed by atoms with Gasteiger partial charge in [0.1, 0.15) is 0 Å². The highest BCUT2D eigenvalue weighted by atomic mass is 79.9. The Hall–Kier alpha value is -1.07. The van der Waals surface area contributed by atoms with Gasteiger partial charge in [0.05, 0.1) is 11.6 Å². The molecule has 0 radical (unpaired) electrons. The summed E-state index contributed by atoms with van der Waals surface area (Å²) in [6.45, 7) is 0.428. The van der Waals surface area contributed by atoms with Crippen LogP contribution >= 0.6 is 27.5 Å². The van der Waals surface area contributed by atoms with Gasteiger partial charge in [0.2, 0.25) is 11.8 Å². The predicted octanol–water partition coefficient (Wildman–Crippen LogP) is 1.96. The highest BCUT2D eigenvalue weighted by Crippen LogP contribution is 2.28. The van der Waals surface area contributed by atoms with Crippen LogP contribution in [0.4, 0.5) is 5.69 Å². The first-order valence-electron chi connectivity index (χ1n) is 5.10. The van der Waals surface area contributed by atoms with E-state index in [-0.39, 0.29) is 18.4 Å². The lowest BCUT2D eigenvalue weighted by molar-refractivity contribution is -0.123.